The Kier molecular flexibility index (Phi) is 4.72. The maximum Gasteiger partial charge on any atom is 0.433 e. The Balaban J connectivity index is 1.99. The molecule has 4 nitrogen and oxygen atoms in total. The van der Waals surface area contributed by atoms with Crippen molar-refractivity contribution in [2.24, 2.45) is 5.92 Å². The molecule has 0 aliphatic carbocycles. The summed E-state index contributed by atoms with van der Waals surface area (Å²) in [5.41, 5.74) is -0.795. The lowest BCUT2D eigenvalue weighted by Crippen LogP contribution is -2.37. The lowest BCUT2D eigenvalue weighted by Gasteiger charge is -2.29. The predicted octanol–water partition coefficient (Wildman–Crippen LogP) is 2.19. The van der Waals surface area contributed by atoms with E-state index in [1.54, 1.807) is 0 Å². The number of aromatic nitrogens is 1. The highest BCUT2D eigenvalue weighted by Gasteiger charge is 2.33. The molecule has 0 unspecified atom stereocenters. The molecule has 1 saturated heterocycles. The quantitative estimate of drug-likeness (QED) is 0.632. The van der Waals surface area contributed by atoms with Gasteiger partial charge in [-0.3, -0.25) is 14.7 Å². The number of carbonyl (C=O) groups excluding carboxylic acids is 2. The Hall–Kier alpha value is -1.76. The van der Waals surface area contributed by atoms with Gasteiger partial charge in [-0.25, -0.2) is 0 Å². The van der Waals surface area contributed by atoms with E-state index in [2.05, 4.69) is 4.98 Å². The summed E-state index contributed by atoms with van der Waals surface area (Å²) < 4.78 is 37.2. The van der Waals surface area contributed by atoms with Gasteiger partial charge in [0, 0.05) is 17.7 Å². The van der Waals surface area contributed by atoms with E-state index in [0.29, 0.717) is 32.5 Å². The van der Waals surface area contributed by atoms with Crippen molar-refractivity contribution in [3.05, 3.63) is 29.6 Å². The topological polar surface area (TPSA) is 50.3 Å². The van der Waals surface area contributed by atoms with Gasteiger partial charge in [-0.05, 0) is 38.1 Å². The van der Waals surface area contributed by atoms with Crippen molar-refractivity contribution in [3.8, 4) is 0 Å². The van der Waals surface area contributed by atoms with Gasteiger partial charge in [-0.1, -0.05) is 0 Å². The average Bonchev–Trinajstić information content (AvgIpc) is 2.47. The fourth-order valence-electron chi connectivity index (χ4n) is 2.43. The van der Waals surface area contributed by atoms with E-state index >= 15 is 0 Å². The van der Waals surface area contributed by atoms with Gasteiger partial charge >= 0.3 is 6.18 Å². The van der Waals surface area contributed by atoms with E-state index in [1.807, 2.05) is 4.90 Å². The largest absolute Gasteiger partial charge is 0.433 e. The fourth-order valence-corrected chi connectivity index (χ4v) is 2.43. The average molecular weight is 300 g/mol. The van der Waals surface area contributed by atoms with Gasteiger partial charge in [0.05, 0.1) is 6.54 Å². The molecule has 0 radical (unpaired) electrons. The molecule has 1 aromatic heterocycles. The number of piperidine rings is 1. The minimum atomic E-state index is -4.50. The van der Waals surface area contributed by atoms with Crippen molar-refractivity contribution in [1.82, 2.24) is 9.88 Å². The van der Waals surface area contributed by atoms with Crippen LogP contribution in [0.4, 0.5) is 13.2 Å². The van der Waals surface area contributed by atoms with Crippen molar-refractivity contribution in [2.45, 2.75) is 19.0 Å². The highest BCUT2D eigenvalue weighted by Crippen LogP contribution is 2.28. The molecule has 0 atom stereocenters. The van der Waals surface area contributed by atoms with Crippen molar-refractivity contribution in [3.63, 3.8) is 0 Å². The van der Waals surface area contributed by atoms with Crippen LogP contribution in [0.25, 0.3) is 0 Å². The summed E-state index contributed by atoms with van der Waals surface area (Å²) in [6.45, 7) is 1.63. The zero-order valence-electron chi connectivity index (χ0n) is 11.3. The molecule has 7 heteroatoms. The third kappa shape index (κ3) is 3.87. The molecule has 1 aromatic rings. The van der Waals surface area contributed by atoms with Crippen molar-refractivity contribution in [2.75, 3.05) is 19.6 Å². The summed E-state index contributed by atoms with van der Waals surface area (Å²) in [4.78, 5) is 27.9. The molecular formula is C14H15F3N2O2. The number of carbonyl (C=O) groups is 2. The van der Waals surface area contributed by atoms with E-state index in [9.17, 15) is 22.8 Å². The molecule has 0 aromatic carbocycles. The van der Waals surface area contributed by atoms with Crippen molar-refractivity contribution < 1.29 is 22.8 Å². The molecule has 1 fully saturated rings. The first-order valence-electron chi connectivity index (χ1n) is 6.65. The number of hydrogen-bond acceptors (Lipinski definition) is 4. The van der Waals surface area contributed by atoms with Gasteiger partial charge in [0.25, 0.3) is 0 Å². The Morgan fingerprint density at radius 1 is 1.33 bits per heavy atom. The van der Waals surface area contributed by atoms with Crippen LogP contribution in [0.5, 0.6) is 0 Å². The molecule has 1 aliphatic rings. The van der Waals surface area contributed by atoms with Crippen molar-refractivity contribution >= 4 is 12.1 Å². The number of likely N-dealkylation sites (tertiary alicyclic amines) is 1. The number of nitrogens with zero attached hydrogens (tertiary/aromatic N) is 2. The third-order valence-electron chi connectivity index (χ3n) is 3.63. The second-order valence-corrected chi connectivity index (χ2v) is 5.04. The van der Waals surface area contributed by atoms with E-state index in [1.165, 1.54) is 6.07 Å². The molecule has 0 bridgehead atoms. The number of aldehydes is 1. The fraction of sp³-hybridized carbons (Fsp3) is 0.500. The molecule has 1 aliphatic heterocycles. The van der Waals surface area contributed by atoms with Crippen molar-refractivity contribution in [1.29, 1.82) is 0 Å². The van der Waals surface area contributed by atoms with Gasteiger partial charge in [-0.15, -0.1) is 0 Å². The van der Waals surface area contributed by atoms with Gasteiger partial charge in [0.1, 0.15) is 12.0 Å². The van der Waals surface area contributed by atoms with E-state index in [4.69, 9.17) is 0 Å². The van der Waals surface area contributed by atoms with Crippen LogP contribution in [-0.4, -0.2) is 41.6 Å². The molecule has 0 N–H and O–H groups in total. The summed E-state index contributed by atoms with van der Waals surface area (Å²) in [5.74, 6) is -0.395. The summed E-state index contributed by atoms with van der Waals surface area (Å²) >= 11 is 0. The van der Waals surface area contributed by atoms with Gasteiger partial charge < -0.3 is 4.79 Å². The third-order valence-corrected chi connectivity index (χ3v) is 3.63. The molecule has 0 amide bonds. The summed E-state index contributed by atoms with van der Waals surface area (Å²) in [5, 5.41) is 0. The number of alkyl halides is 3. The standard InChI is InChI=1S/C14H15F3N2O2/c15-14(16,17)12-2-1-11(9-18-12)13(21)10-3-5-19(6-4-10)7-8-20/h1-2,8-10H,3-7H2. The molecule has 0 saturated carbocycles. The van der Waals surface area contributed by atoms with Crippen LogP contribution in [0.1, 0.15) is 28.9 Å². The van der Waals surface area contributed by atoms with Crippen LogP contribution >= 0.6 is 0 Å². The minimum absolute atomic E-state index is 0.179. The van der Waals surface area contributed by atoms with Crippen LogP contribution < -0.4 is 0 Å². The Bertz CT molecular complexity index is 506. The van der Waals surface area contributed by atoms with E-state index in [0.717, 1.165) is 18.5 Å². The molecule has 21 heavy (non-hydrogen) atoms. The Morgan fingerprint density at radius 2 is 2.00 bits per heavy atom. The monoisotopic (exact) mass is 300 g/mol. The number of rotatable bonds is 4. The number of Topliss-reactive ketones (excluding diaryl/α,β-unsaturated/α-hetero) is 1. The lowest BCUT2D eigenvalue weighted by atomic mass is 9.89. The molecule has 2 rings (SSSR count). The van der Waals surface area contributed by atoms with Crippen LogP contribution in [0.3, 0.4) is 0 Å². The second kappa shape index (κ2) is 6.34. The zero-order valence-corrected chi connectivity index (χ0v) is 11.3. The first-order chi connectivity index (χ1) is 9.91. The minimum Gasteiger partial charge on any atom is -0.302 e. The number of hydrogen-bond donors (Lipinski definition) is 0. The zero-order chi connectivity index (χ0) is 15.5. The van der Waals surface area contributed by atoms with Gasteiger partial charge in [0.2, 0.25) is 0 Å². The highest BCUT2D eigenvalue weighted by molar-refractivity contribution is 5.97. The maximum absolute atomic E-state index is 12.4. The Morgan fingerprint density at radius 3 is 2.48 bits per heavy atom. The Labute approximate surface area is 120 Å². The predicted molar refractivity (Wildman–Crippen MR) is 68.8 cm³/mol. The molecule has 0 spiro atoms. The summed E-state index contributed by atoms with van der Waals surface area (Å²) in [6.07, 6.45) is -1.48. The first kappa shape index (κ1) is 15.6. The number of halogens is 3. The second-order valence-electron chi connectivity index (χ2n) is 5.04. The smallest absolute Gasteiger partial charge is 0.302 e. The normalized spacial score (nSPS) is 17.7. The molecule has 2 heterocycles. The van der Waals surface area contributed by atoms with E-state index < -0.39 is 11.9 Å². The first-order valence-corrected chi connectivity index (χ1v) is 6.65. The van der Waals surface area contributed by atoms with Crippen LogP contribution in [-0.2, 0) is 11.0 Å². The maximum atomic E-state index is 12.4. The van der Waals surface area contributed by atoms with Gasteiger partial charge in [0.15, 0.2) is 5.78 Å². The van der Waals surface area contributed by atoms with Crippen LogP contribution in [0.15, 0.2) is 18.3 Å². The lowest BCUT2D eigenvalue weighted by molar-refractivity contribution is -0.141. The molecular weight excluding hydrogens is 285 g/mol. The number of ketones is 1. The summed E-state index contributed by atoms with van der Waals surface area (Å²) in [7, 11) is 0. The van der Waals surface area contributed by atoms with E-state index in [-0.39, 0.29) is 17.3 Å². The van der Waals surface area contributed by atoms with Crippen LogP contribution in [0, 0.1) is 5.92 Å². The van der Waals surface area contributed by atoms with Gasteiger partial charge in [-0.2, -0.15) is 13.2 Å². The number of pyridine rings is 1. The highest BCUT2D eigenvalue weighted by atomic mass is 19.4. The van der Waals surface area contributed by atoms with Crippen LogP contribution in [0.2, 0.25) is 0 Å². The SMILES string of the molecule is O=CCN1CCC(C(=O)c2ccc(C(F)(F)F)nc2)CC1. The summed E-state index contributed by atoms with van der Waals surface area (Å²) in [6, 6.07) is 2.00. The molecule has 114 valence electrons.